The average molecular weight is 281 g/mol. The number of hydrogen-bond acceptors (Lipinski definition) is 2. The van der Waals surface area contributed by atoms with E-state index in [1.807, 2.05) is 19.1 Å². The summed E-state index contributed by atoms with van der Waals surface area (Å²) in [6.45, 7) is 2.69. The first kappa shape index (κ1) is 14.2. The highest BCUT2D eigenvalue weighted by Gasteiger charge is 2.26. The summed E-state index contributed by atoms with van der Waals surface area (Å²) in [5, 5.41) is 0. The van der Waals surface area contributed by atoms with Gasteiger partial charge in [-0.3, -0.25) is 0 Å². The molecule has 0 heterocycles. The molecule has 0 saturated heterocycles. The van der Waals surface area contributed by atoms with E-state index in [2.05, 4.69) is 36.4 Å². The molecule has 0 spiro atoms. The highest BCUT2D eigenvalue weighted by atomic mass is 16.5. The molecule has 0 aliphatic heterocycles. The van der Waals surface area contributed by atoms with Crippen LogP contribution in [0.15, 0.2) is 48.5 Å². The predicted octanol–water partition coefficient (Wildman–Crippen LogP) is 3.89. The Bertz CT molecular complexity index is 608. The van der Waals surface area contributed by atoms with Gasteiger partial charge in [0.1, 0.15) is 5.75 Å². The molecule has 2 aromatic rings. The molecule has 1 aliphatic rings. The number of para-hydroxylation sites is 1. The van der Waals surface area contributed by atoms with E-state index in [9.17, 15) is 0 Å². The molecular formula is C19H23NO. The summed E-state index contributed by atoms with van der Waals surface area (Å²) in [4.78, 5) is 0. The highest BCUT2D eigenvalue weighted by Crippen LogP contribution is 2.36. The molecule has 0 aromatic heterocycles. The third-order valence-corrected chi connectivity index (χ3v) is 4.47. The van der Waals surface area contributed by atoms with E-state index in [4.69, 9.17) is 10.5 Å². The van der Waals surface area contributed by atoms with Crippen LogP contribution < -0.4 is 10.5 Å². The molecule has 2 nitrogen and oxygen atoms in total. The van der Waals surface area contributed by atoms with Crippen LogP contribution in [0.4, 0.5) is 0 Å². The predicted molar refractivity (Wildman–Crippen MR) is 86.5 cm³/mol. The van der Waals surface area contributed by atoms with Gasteiger partial charge in [0.05, 0.1) is 6.61 Å². The summed E-state index contributed by atoms with van der Waals surface area (Å²) in [5.41, 5.74) is 10.7. The van der Waals surface area contributed by atoms with Crippen LogP contribution in [0.25, 0.3) is 0 Å². The van der Waals surface area contributed by atoms with Gasteiger partial charge in [-0.1, -0.05) is 42.5 Å². The van der Waals surface area contributed by atoms with Crippen molar-refractivity contribution in [2.45, 2.75) is 32.2 Å². The van der Waals surface area contributed by atoms with Crippen LogP contribution >= 0.6 is 0 Å². The number of aryl methyl sites for hydroxylation is 1. The van der Waals surface area contributed by atoms with Crippen molar-refractivity contribution in [3.05, 3.63) is 65.2 Å². The molecule has 2 unspecified atom stereocenters. The van der Waals surface area contributed by atoms with Crippen molar-refractivity contribution in [1.82, 2.24) is 0 Å². The van der Waals surface area contributed by atoms with Crippen molar-refractivity contribution >= 4 is 0 Å². The highest BCUT2D eigenvalue weighted by molar-refractivity contribution is 5.37. The van der Waals surface area contributed by atoms with Crippen LogP contribution in [0.5, 0.6) is 5.75 Å². The standard InChI is InChI=1S/C19H23NO/c1-2-21-18-10-6-5-9-17(18)19(20)16-12-11-14-7-3-4-8-15(14)13-16/h3-10,16,19H,2,11-13,20H2,1H3. The SMILES string of the molecule is CCOc1ccccc1C(N)C1CCc2ccccc2C1. The maximum Gasteiger partial charge on any atom is 0.124 e. The second-order valence-corrected chi connectivity index (χ2v) is 5.77. The Hall–Kier alpha value is -1.80. The van der Waals surface area contributed by atoms with Crippen LogP contribution in [-0.2, 0) is 12.8 Å². The lowest BCUT2D eigenvalue weighted by Gasteiger charge is -2.30. The van der Waals surface area contributed by atoms with Crippen LogP contribution in [0, 0.1) is 5.92 Å². The van der Waals surface area contributed by atoms with E-state index < -0.39 is 0 Å². The number of fused-ring (bicyclic) bond motifs is 1. The van der Waals surface area contributed by atoms with Gasteiger partial charge in [-0.05, 0) is 49.3 Å². The van der Waals surface area contributed by atoms with Crippen LogP contribution in [0.3, 0.4) is 0 Å². The number of nitrogens with two attached hydrogens (primary N) is 1. The second-order valence-electron chi connectivity index (χ2n) is 5.77. The van der Waals surface area contributed by atoms with Gasteiger partial charge < -0.3 is 10.5 Å². The van der Waals surface area contributed by atoms with Crippen molar-refractivity contribution in [2.75, 3.05) is 6.61 Å². The van der Waals surface area contributed by atoms with Crippen LogP contribution in [0.2, 0.25) is 0 Å². The fraction of sp³-hybridized carbons (Fsp3) is 0.368. The van der Waals surface area contributed by atoms with Gasteiger partial charge in [-0.15, -0.1) is 0 Å². The van der Waals surface area contributed by atoms with Gasteiger partial charge in [0.15, 0.2) is 0 Å². The van der Waals surface area contributed by atoms with Crippen LogP contribution in [0.1, 0.15) is 36.1 Å². The lowest BCUT2D eigenvalue weighted by Crippen LogP contribution is -2.27. The Kier molecular flexibility index (Phi) is 4.26. The molecule has 2 heteroatoms. The maximum absolute atomic E-state index is 6.58. The Morgan fingerprint density at radius 2 is 1.81 bits per heavy atom. The quantitative estimate of drug-likeness (QED) is 0.922. The first-order valence-corrected chi connectivity index (χ1v) is 7.83. The van der Waals surface area contributed by atoms with Crippen LogP contribution in [-0.4, -0.2) is 6.61 Å². The topological polar surface area (TPSA) is 35.2 Å². The minimum absolute atomic E-state index is 0.0427. The summed E-state index contributed by atoms with van der Waals surface area (Å²) in [6.07, 6.45) is 3.35. The molecule has 21 heavy (non-hydrogen) atoms. The third-order valence-electron chi connectivity index (χ3n) is 4.47. The van der Waals surface area contributed by atoms with E-state index in [-0.39, 0.29) is 6.04 Å². The Balaban J connectivity index is 1.82. The number of ether oxygens (including phenoxy) is 1. The molecule has 0 radical (unpaired) electrons. The lowest BCUT2D eigenvalue weighted by atomic mass is 9.78. The third kappa shape index (κ3) is 2.96. The zero-order chi connectivity index (χ0) is 14.7. The minimum atomic E-state index is 0.0427. The lowest BCUT2D eigenvalue weighted by molar-refractivity contribution is 0.320. The minimum Gasteiger partial charge on any atom is -0.494 e. The number of hydrogen-bond donors (Lipinski definition) is 1. The smallest absolute Gasteiger partial charge is 0.124 e. The molecule has 110 valence electrons. The van der Waals surface area contributed by atoms with E-state index in [0.717, 1.165) is 30.6 Å². The number of rotatable bonds is 4. The zero-order valence-corrected chi connectivity index (χ0v) is 12.6. The second kappa shape index (κ2) is 6.31. The fourth-order valence-electron chi connectivity index (χ4n) is 3.33. The first-order chi connectivity index (χ1) is 10.3. The van der Waals surface area contributed by atoms with Crippen molar-refractivity contribution in [3.63, 3.8) is 0 Å². The molecule has 0 bridgehead atoms. The van der Waals surface area contributed by atoms with Gasteiger partial charge >= 0.3 is 0 Å². The first-order valence-electron chi connectivity index (χ1n) is 7.83. The fourth-order valence-corrected chi connectivity index (χ4v) is 3.33. The summed E-state index contributed by atoms with van der Waals surface area (Å²) in [7, 11) is 0. The van der Waals surface area contributed by atoms with E-state index in [0.29, 0.717) is 12.5 Å². The van der Waals surface area contributed by atoms with Crippen molar-refractivity contribution < 1.29 is 4.74 Å². The number of benzene rings is 2. The summed E-state index contributed by atoms with van der Waals surface area (Å²) in [5.74, 6) is 1.42. The molecular weight excluding hydrogens is 258 g/mol. The molecule has 1 aliphatic carbocycles. The zero-order valence-electron chi connectivity index (χ0n) is 12.6. The van der Waals surface area contributed by atoms with Gasteiger partial charge in [0, 0.05) is 11.6 Å². The summed E-state index contributed by atoms with van der Waals surface area (Å²) < 4.78 is 5.74. The largest absolute Gasteiger partial charge is 0.494 e. The monoisotopic (exact) mass is 281 g/mol. The molecule has 2 aromatic carbocycles. The maximum atomic E-state index is 6.58. The molecule has 3 rings (SSSR count). The van der Waals surface area contributed by atoms with E-state index in [1.54, 1.807) is 0 Å². The van der Waals surface area contributed by atoms with E-state index in [1.165, 1.54) is 11.1 Å². The molecule has 2 N–H and O–H groups in total. The van der Waals surface area contributed by atoms with Gasteiger partial charge in [-0.2, -0.15) is 0 Å². The van der Waals surface area contributed by atoms with E-state index >= 15 is 0 Å². The van der Waals surface area contributed by atoms with Gasteiger partial charge in [0.25, 0.3) is 0 Å². The molecule has 0 amide bonds. The summed E-state index contributed by atoms with van der Waals surface area (Å²) in [6, 6.07) is 17.0. The molecule has 2 atom stereocenters. The average Bonchev–Trinajstić information content (AvgIpc) is 2.54. The normalized spacial score (nSPS) is 18.9. The Morgan fingerprint density at radius 3 is 2.62 bits per heavy atom. The van der Waals surface area contributed by atoms with Crippen molar-refractivity contribution in [3.8, 4) is 5.75 Å². The van der Waals surface area contributed by atoms with Gasteiger partial charge in [-0.25, -0.2) is 0 Å². The van der Waals surface area contributed by atoms with Gasteiger partial charge in [0.2, 0.25) is 0 Å². The molecule has 0 fully saturated rings. The molecule has 0 saturated carbocycles. The van der Waals surface area contributed by atoms with Crippen molar-refractivity contribution in [2.24, 2.45) is 11.7 Å². The summed E-state index contributed by atoms with van der Waals surface area (Å²) >= 11 is 0. The Labute approximate surface area is 126 Å². The van der Waals surface area contributed by atoms with Crippen molar-refractivity contribution in [1.29, 1.82) is 0 Å². The Morgan fingerprint density at radius 1 is 1.10 bits per heavy atom.